The van der Waals surface area contributed by atoms with Crippen LogP contribution >= 0.6 is 24.0 Å². The molecular weight excluding hydrogens is 450 g/mol. The Kier molecular flexibility index (Phi) is 8.52. The van der Waals surface area contributed by atoms with Crippen molar-refractivity contribution >= 4 is 52.3 Å². The van der Waals surface area contributed by atoms with Gasteiger partial charge in [-0.25, -0.2) is 4.79 Å². The normalized spacial score (nSPS) is 17.8. The first kappa shape index (κ1) is 24.1. The van der Waals surface area contributed by atoms with Crippen molar-refractivity contribution in [3.8, 4) is 5.75 Å². The van der Waals surface area contributed by atoms with Gasteiger partial charge in [0.15, 0.2) is 0 Å². The van der Waals surface area contributed by atoms with Crippen LogP contribution in [0.15, 0.2) is 29.2 Å². The van der Waals surface area contributed by atoms with Crippen LogP contribution in [0, 0.1) is 0 Å². The van der Waals surface area contributed by atoms with E-state index in [1.165, 1.54) is 11.8 Å². The molecule has 0 bridgehead atoms. The molecule has 0 saturated carbocycles. The molecule has 32 heavy (non-hydrogen) atoms. The number of benzene rings is 1. The molecule has 0 aliphatic carbocycles. The number of thioether (sulfide) groups is 1. The van der Waals surface area contributed by atoms with E-state index in [2.05, 4.69) is 0 Å². The Bertz CT molecular complexity index is 913. The van der Waals surface area contributed by atoms with Gasteiger partial charge in [0.2, 0.25) is 5.91 Å². The van der Waals surface area contributed by atoms with Crippen LogP contribution in [0.5, 0.6) is 5.75 Å². The van der Waals surface area contributed by atoms with E-state index in [0.29, 0.717) is 61.4 Å². The molecule has 10 heteroatoms. The fourth-order valence-electron chi connectivity index (χ4n) is 3.48. The molecule has 8 nitrogen and oxygen atoms in total. The maximum atomic E-state index is 12.8. The van der Waals surface area contributed by atoms with Crippen molar-refractivity contribution < 1.29 is 23.9 Å². The van der Waals surface area contributed by atoms with Gasteiger partial charge in [-0.3, -0.25) is 14.5 Å². The molecule has 0 aromatic heterocycles. The minimum absolute atomic E-state index is 0.0193. The third kappa shape index (κ3) is 6.01. The molecule has 0 spiro atoms. The van der Waals surface area contributed by atoms with Crippen molar-refractivity contribution in [3.05, 3.63) is 34.7 Å². The van der Waals surface area contributed by atoms with E-state index in [9.17, 15) is 14.4 Å². The SMILES string of the molecule is CCOC(=O)N1CCN(C(=O)CCCN2C(=O)/C(=C/c3cccc(OC)c3)SC2=S)CC1. The molecule has 1 aromatic rings. The van der Waals surface area contributed by atoms with Gasteiger partial charge < -0.3 is 19.3 Å². The summed E-state index contributed by atoms with van der Waals surface area (Å²) in [7, 11) is 1.60. The predicted octanol–water partition coefficient (Wildman–Crippen LogP) is 2.98. The molecule has 2 aliphatic rings. The first-order valence-electron chi connectivity index (χ1n) is 10.5. The zero-order valence-electron chi connectivity index (χ0n) is 18.2. The quantitative estimate of drug-likeness (QED) is 0.441. The van der Waals surface area contributed by atoms with Crippen LogP contribution < -0.4 is 4.74 Å². The van der Waals surface area contributed by atoms with Gasteiger partial charge in [0, 0.05) is 39.1 Å². The lowest BCUT2D eigenvalue weighted by Gasteiger charge is -2.34. The van der Waals surface area contributed by atoms with Crippen LogP contribution in [-0.4, -0.2) is 83.4 Å². The summed E-state index contributed by atoms with van der Waals surface area (Å²) in [5.41, 5.74) is 0.863. The topological polar surface area (TPSA) is 79.4 Å². The predicted molar refractivity (Wildman–Crippen MR) is 127 cm³/mol. The average Bonchev–Trinajstić information content (AvgIpc) is 3.06. The summed E-state index contributed by atoms with van der Waals surface area (Å²) in [6.45, 7) is 4.41. The van der Waals surface area contributed by atoms with Crippen LogP contribution in [-0.2, 0) is 14.3 Å². The first-order chi connectivity index (χ1) is 15.4. The lowest BCUT2D eigenvalue weighted by Crippen LogP contribution is -2.50. The number of carbonyl (C=O) groups excluding carboxylic acids is 3. The van der Waals surface area contributed by atoms with Crippen LogP contribution in [0.4, 0.5) is 4.79 Å². The minimum atomic E-state index is -0.337. The summed E-state index contributed by atoms with van der Waals surface area (Å²) in [6.07, 6.45) is 2.31. The standard InChI is InChI=1S/C22H27N3O5S2/c1-3-30-21(28)24-12-10-23(11-13-24)19(26)8-5-9-25-20(27)18(32-22(25)31)15-16-6-4-7-17(14-16)29-2/h4,6-7,14-15H,3,5,8-13H2,1-2H3/b18-15-. The van der Waals surface area contributed by atoms with Crippen molar-refractivity contribution in [1.29, 1.82) is 0 Å². The van der Waals surface area contributed by atoms with E-state index < -0.39 is 0 Å². The fourth-order valence-corrected chi connectivity index (χ4v) is 4.78. The van der Waals surface area contributed by atoms with Gasteiger partial charge in [-0.15, -0.1) is 0 Å². The number of thiocarbonyl (C=S) groups is 1. The number of ether oxygens (including phenoxy) is 2. The summed E-state index contributed by atoms with van der Waals surface area (Å²) in [6, 6.07) is 7.46. The van der Waals surface area contributed by atoms with Gasteiger partial charge in [0.25, 0.3) is 5.91 Å². The van der Waals surface area contributed by atoms with Crippen molar-refractivity contribution in [2.75, 3.05) is 46.4 Å². The Morgan fingerprint density at radius 1 is 1.19 bits per heavy atom. The Balaban J connectivity index is 1.47. The van der Waals surface area contributed by atoms with Crippen LogP contribution in [0.1, 0.15) is 25.3 Å². The number of methoxy groups -OCH3 is 1. The zero-order chi connectivity index (χ0) is 23.1. The smallest absolute Gasteiger partial charge is 0.409 e. The van der Waals surface area contributed by atoms with E-state index in [-0.39, 0.29) is 17.9 Å². The van der Waals surface area contributed by atoms with Crippen LogP contribution in [0.3, 0.4) is 0 Å². The summed E-state index contributed by atoms with van der Waals surface area (Å²) >= 11 is 6.65. The lowest BCUT2D eigenvalue weighted by molar-refractivity contribution is -0.133. The maximum absolute atomic E-state index is 12.8. The van der Waals surface area contributed by atoms with Gasteiger partial charge in [0.1, 0.15) is 10.1 Å². The van der Waals surface area contributed by atoms with E-state index in [1.807, 2.05) is 24.3 Å². The number of amides is 3. The molecule has 0 radical (unpaired) electrons. The Morgan fingerprint density at radius 2 is 1.91 bits per heavy atom. The molecule has 172 valence electrons. The molecule has 3 amide bonds. The Hall–Kier alpha value is -2.59. The van der Waals surface area contributed by atoms with Gasteiger partial charge >= 0.3 is 6.09 Å². The zero-order valence-corrected chi connectivity index (χ0v) is 19.9. The molecule has 3 rings (SSSR count). The summed E-state index contributed by atoms with van der Waals surface area (Å²) in [4.78, 5) is 42.6. The van der Waals surface area contributed by atoms with Crippen molar-refractivity contribution in [2.45, 2.75) is 19.8 Å². The molecule has 2 fully saturated rings. The van der Waals surface area contributed by atoms with Crippen molar-refractivity contribution in [1.82, 2.24) is 14.7 Å². The highest BCUT2D eigenvalue weighted by atomic mass is 32.2. The number of hydrogen-bond donors (Lipinski definition) is 0. The number of piperazine rings is 1. The molecule has 0 N–H and O–H groups in total. The Morgan fingerprint density at radius 3 is 2.59 bits per heavy atom. The van der Waals surface area contributed by atoms with Gasteiger partial charge in [-0.1, -0.05) is 36.1 Å². The second-order valence-corrected chi connectivity index (χ2v) is 8.96. The number of rotatable bonds is 7. The first-order valence-corrected chi connectivity index (χ1v) is 11.7. The molecule has 2 heterocycles. The second kappa shape index (κ2) is 11.3. The van der Waals surface area contributed by atoms with Gasteiger partial charge in [-0.05, 0) is 37.1 Å². The largest absolute Gasteiger partial charge is 0.497 e. The third-order valence-corrected chi connectivity index (χ3v) is 6.57. The summed E-state index contributed by atoms with van der Waals surface area (Å²) in [5.74, 6) is 0.597. The number of hydrogen-bond acceptors (Lipinski definition) is 7. The lowest BCUT2D eigenvalue weighted by atomic mass is 10.2. The molecule has 1 aromatic carbocycles. The van der Waals surface area contributed by atoms with E-state index in [1.54, 1.807) is 34.8 Å². The number of carbonyl (C=O) groups is 3. The average molecular weight is 478 g/mol. The molecule has 2 saturated heterocycles. The van der Waals surface area contributed by atoms with Crippen LogP contribution in [0.25, 0.3) is 6.08 Å². The van der Waals surface area contributed by atoms with Gasteiger partial charge in [-0.2, -0.15) is 0 Å². The molecule has 2 aliphatic heterocycles. The summed E-state index contributed by atoms with van der Waals surface area (Å²) in [5, 5.41) is 0. The molecule has 0 atom stereocenters. The van der Waals surface area contributed by atoms with E-state index in [0.717, 1.165) is 11.3 Å². The van der Waals surface area contributed by atoms with E-state index in [4.69, 9.17) is 21.7 Å². The highest BCUT2D eigenvalue weighted by Gasteiger charge is 2.32. The highest BCUT2D eigenvalue weighted by Crippen LogP contribution is 2.33. The van der Waals surface area contributed by atoms with E-state index >= 15 is 0 Å². The maximum Gasteiger partial charge on any atom is 0.409 e. The highest BCUT2D eigenvalue weighted by molar-refractivity contribution is 8.26. The summed E-state index contributed by atoms with van der Waals surface area (Å²) < 4.78 is 10.7. The van der Waals surface area contributed by atoms with Crippen molar-refractivity contribution in [2.24, 2.45) is 0 Å². The Labute approximate surface area is 197 Å². The minimum Gasteiger partial charge on any atom is -0.497 e. The monoisotopic (exact) mass is 477 g/mol. The van der Waals surface area contributed by atoms with Gasteiger partial charge in [0.05, 0.1) is 18.6 Å². The second-order valence-electron chi connectivity index (χ2n) is 7.28. The fraction of sp³-hybridized carbons (Fsp3) is 0.455. The van der Waals surface area contributed by atoms with Crippen molar-refractivity contribution in [3.63, 3.8) is 0 Å². The molecular formula is C22H27N3O5S2. The third-order valence-electron chi connectivity index (χ3n) is 5.20. The van der Waals surface area contributed by atoms with Crippen LogP contribution in [0.2, 0.25) is 0 Å². The number of nitrogens with zero attached hydrogens (tertiary/aromatic N) is 3. The molecule has 0 unspecified atom stereocenters.